The molecular weight excluding hydrogens is 609 g/mol. The average molecular weight is 638 g/mol. The fourth-order valence-electron chi connectivity index (χ4n) is 8.74. The Labute approximate surface area is 282 Å². The molecule has 3 nitrogen and oxygen atoms in total. The molecule has 0 fully saturated rings. The van der Waals surface area contributed by atoms with E-state index in [0.29, 0.717) is 11.1 Å². The fourth-order valence-corrected chi connectivity index (χ4v) is 8.74. The van der Waals surface area contributed by atoms with E-state index in [2.05, 4.69) is 79.1 Å². The molecule has 2 aliphatic carbocycles. The zero-order valence-electron chi connectivity index (χ0n) is 27.1. The second-order valence-corrected chi connectivity index (χ2v) is 13.4. The van der Waals surface area contributed by atoms with E-state index in [1.54, 1.807) is 0 Å². The molecule has 0 unspecified atom stereocenters. The van der Waals surface area contributed by atoms with E-state index in [4.69, 9.17) is 9.97 Å². The van der Waals surface area contributed by atoms with E-state index in [1.165, 1.54) is 40.8 Å². The van der Waals surface area contributed by atoms with Crippen molar-refractivity contribution in [1.29, 1.82) is 0 Å². The highest BCUT2D eigenvalue weighted by atomic mass is 19.1. The summed E-state index contributed by atoms with van der Waals surface area (Å²) in [5.74, 6) is 0.118. The van der Waals surface area contributed by atoms with Crippen LogP contribution in [0.2, 0.25) is 0 Å². The number of nitrogens with zero attached hydrogens (tertiary/aromatic N) is 3. The molecule has 3 aromatic heterocycles. The van der Waals surface area contributed by atoms with Crippen molar-refractivity contribution in [2.75, 3.05) is 0 Å². The zero-order chi connectivity index (χ0) is 33.2. The maximum atomic E-state index is 14.8. The highest BCUT2D eigenvalue weighted by molar-refractivity contribution is 6.12. The van der Waals surface area contributed by atoms with E-state index in [9.17, 15) is 8.78 Å². The third-order valence-electron chi connectivity index (χ3n) is 10.6. The number of aryl methyl sites for hydroxylation is 3. The first kappa shape index (κ1) is 28.1. The number of fused-ring (bicyclic) bond motifs is 13. The molecule has 1 spiro atoms. The van der Waals surface area contributed by atoms with Gasteiger partial charge >= 0.3 is 0 Å². The molecule has 0 bridgehead atoms. The van der Waals surface area contributed by atoms with Gasteiger partial charge in [0.1, 0.15) is 17.5 Å². The topological polar surface area (TPSA) is 30.7 Å². The predicted octanol–water partition coefficient (Wildman–Crippen LogP) is 10.8. The normalized spacial score (nSPS) is 13.6. The van der Waals surface area contributed by atoms with E-state index < -0.39 is 5.41 Å². The molecule has 3 heterocycles. The van der Waals surface area contributed by atoms with Gasteiger partial charge in [0.25, 0.3) is 0 Å². The van der Waals surface area contributed by atoms with Crippen molar-refractivity contribution in [3.05, 3.63) is 172 Å². The van der Waals surface area contributed by atoms with Crippen molar-refractivity contribution >= 4 is 21.8 Å². The molecule has 0 saturated heterocycles. The van der Waals surface area contributed by atoms with Crippen LogP contribution in [0.1, 0.15) is 39.1 Å². The Morgan fingerprint density at radius 3 is 2.04 bits per heavy atom. The van der Waals surface area contributed by atoms with Gasteiger partial charge in [0.05, 0.1) is 27.8 Å². The molecular formula is C44H29F2N3. The fraction of sp³-hybridized carbons (Fsp3) is 0.0909. The molecule has 0 radical (unpaired) electrons. The Morgan fingerprint density at radius 2 is 1.29 bits per heavy atom. The van der Waals surface area contributed by atoms with Crippen LogP contribution in [0.25, 0.3) is 61.3 Å². The van der Waals surface area contributed by atoms with Crippen molar-refractivity contribution in [1.82, 2.24) is 14.5 Å². The molecule has 5 aromatic carbocycles. The summed E-state index contributed by atoms with van der Waals surface area (Å²) in [5, 5.41) is 2.36. The van der Waals surface area contributed by atoms with Gasteiger partial charge in [0.15, 0.2) is 0 Å². The number of benzene rings is 5. The molecule has 234 valence electrons. The lowest BCUT2D eigenvalue weighted by Crippen LogP contribution is -2.26. The van der Waals surface area contributed by atoms with Crippen molar-refractivity contribution in [2.45, 2.75) is 26.2 Å². The van der Waals surface area contributed by atoms with E-state index in [-0.39, 0.29) is 11.6 Å². The quantitative estimate of drug-likeness (QED) is 0.189. The van der Waals surface area contributed by atoms with Crippen LogP contribution in [0.5, 0.6) is 0 Å². The molecule has 2 aliphatic rings. The first-order valence-electron chi connectivity index (χ1n) is 16.5. The van der Waals surface area contributed by atoms with Crippen molar-refractivity contribution in [3.63, 3.8) is 0 Å². The molecule has 0 N–H and O–H groups in total. The lowest BCUT2D eigenvalue weighted by Gasteiger charge is -2.30. The number of hydrogen-bond donors (Lipinski definition) is 0. The van der Waals surface area contributed by atoms with Gasteiger partial charge < -0.3 is 0 Å². The molecule has 0 aliphatic heterocycles. The third kappa shape index (κ3) is 3.70. The number of rotatable bonds is 2. The maximum absolute atomic E-state index is 14.8. The molecule has 10 rings (SSSR count). The van der Waals surface area contributed by atoms with Crippen LogP contribution in [0.3, 0.4) is 0 Å². The Balaban J connectivity index is 1.28. The van der Waals surface area contributed by atoms with Crippen LogP contribution in [-0.2, 0) is 5.41 Å². The first-order chi connectivity index (χ1) is 23.8. The Bertz CT molecular complexity index is 2690. The largest absolute Gasteiger partial charge is 0.294 e. The van der Waals surface area contributed by atoms with Crippen LogP contribution < -0.4 is 0 Å². The Morgan fingerprint density at radius 1 is 0.571 bits per heavy atom. The molecule has 49 heavy (non-hydrogen) atoms. The van der Waals surface area contributed by atoms with Crippen LogP contribution in [-0.4, -0.2) is 14.5 Å². The first-order valence-corrected chi connectivity index (χ1v) is 16.5. The van der Waals surface area contributed by atoms with E-state index in [0.717, 1.165) is 72.7 Å². The number of hydrogen-bond acceptors (Lipinski definition) is 2. The summed E-state index contributed by atoms with van der Waals surface area (Å²) < 4.78 is 31.9. The highest BCUT2D eigenvalue weighted by Gasteiger charge is 2.52. The predicted molar refractivity (Wildman–Crippen MR) is 192 cm³/mol. The monoisotopic (exact) mass is 637 g/mol. The van der Waals surface area contributed by atoms with Crippen molar-refractivity contribution in [3.8, 4) is 39.5 Å². The summed E-state index contributed by atoms with van der Waals surface area (Å²) in [5.41, 5.74) is 14.0. The van der Waals surface area contributed by atoms with Gasteiger partial charge in [0.2, 0.25) is 0 Å². The minimum atomic E-state index is -0.748. The zero-order valence-corrected chi connectivity index (χ0v) is 27.1. The van der Waals surface area contributed by atoms with Gasteiger partial charge in [-0.2, -0.15) is 0 Å². The highest BCUT2D eigenvalue weighted by Crippen LogP contribution is 2.62. The van der Waals surface area contributed by atoms with Gasteiger partial charge in [-0.05, 0) is 120 Å². The summed E-state index contributed by atoms with van der Waals surface area (Å²) in [7, 11) is 0. The smallest absolute Gasteiger partial charge is 0.138 e. The third-order valence-corrected chi connectivity index (χ3v) is 10.6. The van der Waals surface area contributed by atoms with Gasteiger partial charge in [-0.3, -0.25) is 9.55 Å². The summed E-state index contributed by atoms with van der Waals surface area (Å²) in [6.07, 6.45) is 0. The van der Waals surface area contributed by atoms with Crippen LogP contribution >= 0.6 is 0 Å². The molecule has 8 aromatic rings. The lowest BCUT2D eigenvalue weighted by molar-refractivity contribution is 0.626. The molecule has 5 heteroatoms. The number of aromatic nitrogens is 3. The molecule has 0 saturated carbocycles. The molecule has 0 amide bonds. The summed E-state index contributed by atoms with van der Waals surface area (Å²) >= 11 is 0. The minimum Gasteiger partial charge on any atom is -0.294 e. The van der Waals surface area contributed by atoms with Crippen LogP contribution in [0, 0.1) is 32.4 Å². The summed E-state index contributed by atoms with van der Waals surface area (Å²) in [6.45, 7) is 6.32. The average Bonchev–Trinajstić information content (AvgIpc) is 3.68. The van der Waals surface area contributed by atoms with Gasteiger partial charge in [-0.15, -0.1) is 0 Å². The lowest BCUT2D eigenvalue weighted by atomic mass is 9.71. The minimum absolute atomic E-state index is 0.344. The van der Waals surface area contributed by atoms with Gasteiger partial charge in [-0.1, -0.05) is 66.7 Å². The second kappa shape index (κ2) is 9.80. The summed E-state index contributed by atoms with van der Waals surface area (Å²) in [4.78, 5) is 10.3. The standard InChI is InChI=1S/C44H29F2N3/c1-24-19-25(2)42-31-14-11-27(38-10-6-7-26(3)47-38)21-39(31)49(40(42)20-24)41-18-17-37-43(48-41)30-8-4-5-9-34(30)44(37)35-15-12-28(45)22-32(35)33-23-29(46)13-16-36(33)44/h4-23H,1-3H3. The van der Waals surface area contributed by atoms with Crippen molar-refractivity contribution < 1.29 is 8.78 Å². The van der Waals surface area contributed by atoms with Gasteiger partial charge in [0, 0.05) is 27.6 Å². The van der Waals surface area contributed by atoms with Crippen molar-refractivity contribution in [2.24, 2.45) is 0 Å². The van der Waals surface area contributed by atoms with Gasteiger partial charge in [-0.25, -0.2) is 13.8 Å². The number of pyridine rings is 2. The Kier molecular flexibility index (Phi) is 5.62. The Hall–Kier alpha value is -5.94. The van der Waals surface area contributed by atoms with Crippen LogP contribution in [0.15, 0.2) is 121 Å². The van der Waals surface area contributed by atoms with Crippen LogP contribution in [0.4, 0.5) is 8.78 Å². The summed E-state index contributed by atoms with van der Waals surface area (Å²) in [6, 6.07) is 39.6. The number of halogens is 2. The van der Waals surface area contributed by atoms with E-state index in [1.807, 2.05) is 43.3 Å². The second-order valence-electron chi connectivity index (χ2n) is 13.4. The maximum Gasteiger partial charge on any atom is 0.138 e. The van der Waals surface area contributed by atoms with E-state index >= 15 is 0 Å². The SMILES string of the molecule is Cc1cc(C)c2c3ccc(-c4cccc(C)n4)cc3n(-c3ccc4c(n3)-c3ccccc3C43c4ccc(F)cc4-c4cc(F)ccc43)c2c1. The molecule has 0 atom stereocenters.